The number of benzene rings is 1. The van der Waals surface area contributed by atoms with Gasteiger partial charge >= 0.3 is 5.69 Å². The number of nitrogens with one attached hydrogen (secondary N) is 1. The van der Waals surface area contributed by atoms with E-state index in [2.05, 4.69) is 10.4 Å². The molecule has 0 saturated carbocycles. The first-order valence-electron chi connectivity index (χ1n) is 6.05. The van der Waals surface area contributed by atoms with Gasteiger partial charge in [-0.1, -0.05) is 6.42 Å². The number of hydrazine groups is 1. The fourth-order valence-electron chi connectivity index (χ4n) is 2.09. The Labute approximate surface area is 106 Å². The topological polar surface area (TPSA) is 67.6 Å². The van der Waals surface area contributed by atoms with E-state index in [1.165, 1.54) is 32.4 Å². The van der Waals surface area contributed by atoms with E-state index in [0.717, 1.165) is 18.8 Å². The Morgan fingerprint density at radius 2 is 2.06 bits per heavy atom. The number of nitrogens with zero attached hydrogens (tertiary/aromatic N) is 2. The van der Waals surface area contributed by atoms with Gasteiger partial charge in [0.2, 0.25) is 0 Å². The van der Waals surface area contributed by atoms with E-state index in [1.807, 2.05) is 0 Å². The summed E-state index contributed by atoms with van der Waals surface area (Å²) in [5, 5.41) is 12.9. The van der Waals surface area contributed by atoms with Crippen molar-refractivity contribution in [3.63, 3.8) is 0 Å². The lowest BCUT2D eigenvalue weighted by Gasteiger charge is -2.27. The molecule has 0 spiro atoms. The standard InChI is InChI=1S/C12H17N3O3/c1-18-12-9-10(5-6-11(12)15(16)17)13-14-7-3-2-4-8-14/h5-6,9,13H,2-4,7-8H2,1H3. The average Bonchev–Trinajstić information content (AvgIpc) is 2.39. The number of rotatable bonds is 4. The predicted octanol–water partition coefficient (Wildman–Crippen LogP) is 2.42. The van der Waals surface area contributed by atoms with Crippen LogP contribution < -0.4 is 10.2 Å². The van der Waals surface area contributed by atoms with Crippen molar-refractivity contribution in [2.75, 3.05) is 25.6 Å². The fourth-order valence-corrected chi connectivity index (χ4v) is 2.09. The number of ether oxygens (including phenoxy) is 1. The van der Waals surface area contributed by atoms with Gasteiger partial charge in [0.15, 0.2) is 5.75 Å². The number of anilines is 1. The van der Waals surface area contributed by atoms with E-state index in [1.54, 1.807) is 12.1 Å². The number of nitro groups is 1. The fraction of sp³-hybridized carbons (Fsp3) is 0.500. The van der Waals surface area contributed by atoms with Gasteiger partial charge in [-0.25, -0.2) is 5.01 Å². The van der Waals surface area contributed by atoms with Crippen LogP contribution >= 0.6 is 0 Å². The molecule has 2 rings (SSSR count). The highest BCUT2D eigenvalue weighted by Crippen LogP contribution is 2.30. The van der Waals surface area contributed by atoms with E-state index in [-0.39, 0.29) is 11.4 Å². The second kappa shape index (κ2) is 5.68. The van der Waals surface area contributed by atoms with Crippen molar-refractivity contribution in [3.8, 4) is 5.75 Å². The highest BCUT2D eigenvalue weighted by molar-refractivity contribution is 5.57. The second-order valence-corrected chi connectivity index (χ2v) is 4.30. The maximum atomic E-state index is 10.8. The van der Waals surface area contributed by atoms with Crippen LogP contribution in [0.3, 0.4) is 0 Å². The van der Waals surface area contributed by atoms with Crippen molar-refractivity contribution in [3.05, 3.63) is 28.3 Å². The van der Waals surface area contributed by atoms with Crippen LogP contribution in [-0.2, 0) is 0 Å². The third-order valence-electron chi connectivity index (χ3n) is 3.02. The zero-order valence-corrected chi connectivity index (χ0v) is 10.4. The molecule has 0 atom stereocenters. The minimum Gasteiger partial charge on any atom is -0.490 e. The number of hydrogen-bond donors (Lipinski definition) is 1. The van der Waals surface area contributed by atoms with Crippen LogP contribution in [0.5, 0.6) is 5.75 Å². The number of methoxy groups -OCH3 is 1. The summed E-state index contributed by atoms with van der Waals surface area (Å²) in [6.07, 6.45) is 3.62. The summed E-state index contributed by atoms with van der Waals surface area (Å²) in [5.41, 5.74) is 4.06. The molecular weight excluding hydrogens is 234 g/mol. The van der Waals surface area contributed by atoms with Crippen molar-refractivity contribution in [2.45, 2.75) is 19.3 Å². The number of nitro benzene ring substituents is 1. The Balaban J connectivity index is 2.11. The first-order chi connectivity index (χ1) is 8.70. The van der Waals surface area contributed by atoms with E-state index in [0.29, 0.717) is 0 Å². The molecule has 1 aromatic rings. The maximum Gasteiger partial charge on any atom is 0.311 e. The Morgan fingerprint density at radius 3 is 2.67 bits per heavy atom. The zero-order valence-electron chi connectivity index (χ0n) is 10.4. The van der Waals surface area contributed by atoms with Gasteiger partial charge in [0, 0.05) is 25.2 Å². The van der Waals surface area contributed by atoms with Gasteiger partial charge in [-0.3, -0.25) is 10.1 Å². The molecule has 1 saturated heterocycles. The summed E-state index contributed by atoms with van der Waals surface area (Å²) >= 11 is 0. The highest BCUT2D eigenvalue weighted by atomic mass is 16.6. The molecule has 1 aromatic carbocycles. The first kappa shape index (κ1) is 12.6. The Morgan fingerprint density at radius 1 is 1.33 bits per heavy atom. The van der Waals surface area contributed by atoms with Crippen molar-refractivity contribution >= 4 is 11.4 Å². The van der Waals surface area contributed by atoms with Crippen LogP contribution in [0.25, 0.3) is 0 Å². The van der Waals surface area contributed by atoms with Crippen molar-refractivity contribution in [2.24, 2.45) is 0 Å². The lowest BCUT2D eigenvalue weighted by atomic mass is 10.2. The molecule has 6 heteroatoms. The van der Waals surface area contributed by atoms with E-state index < -0.39 is 4.92 Å². The van der Waals surface area contributed by atoms with Gasteiger partial charge in [0.05, 0.1) is 17.7 Å². The summed E-state index contributed by atoms with van der Waals surface area (Å²) in [5.74, 6) is 0.280. The Bertz CT molecular complexity index is 431. The van der Waals surface area contributed by atoms with Crippen LogP contribution in [0, 0.1) is 10.1 Å². The molecule has 1 fully saturated rings. The molecule has 0 radical (unpaired) electrons. The molecule has 0 unspecified atom stereocenters. The van der Waals surface area contributed by atoms with E-state index >= 15 is 0 Å². The summed E-state index contributed by atoms with van der Waals surface area (Å²) in [4.78, 5) is 10.3. The molecule has 98 valence electrons. The summed E-state index contributed by atoms with van der Waals surface area (Å²) in [6, 6.07) is 4.83. The third kappa shape index (κ3) is 2.89. The Hall–Kier alpha value is -1.82. The SMILES string of the molecule is COc1cc(NN2CCCCC2)ccc1[N+](=O)[O-]. The van der Waals surface area contributed by atoms with Gasteiger partial charge in [-0.05, 0) is 18.9 Å². The quantitative estimate of drug-likeness (QED) is 0.657. The molecule has 1 aliphatic rings. The van der Waals surface area contributed by atoms with Crippen LogP contribution in [0.1, 0.15) is 19.3 Å². The van der Waals surface area contributed by atoms with Crippen LogP contribution in [0.4, 0.5) is 11.4 Å². The molecule has 0 amide bonds. The molecule has 0 aliphatic carbocycles. The van der Waals surface area contributed by atoms with Crippen molar-refractivity contribution in [1.29, 1.82) is 0 Å². The molecule has 6 nitrogen and oxygen atoms in total. The van der Waals surface area contributed by atoms with Gasteiger partial charge in [0.25, 0.3) is 0 Å². The van der Waals surface area contributed by atoms with E-state index in [9.17, 15) is 10.1 Å². The van der Waals surface area contributed by atoms with Gasteiger partial charge < -0.3 is 10.2 Å². The molecule has 1 N–H and O–H groups in total. The van der Waals surface area contributed by atoms with Crippen LogP contribution in [-0.4, -0.2) is 30.1 Å². The summed E-state index contributed by atoms with van der Waals surface area (Å²) in [6.45, 7) is 2.00. The van der Waals surface area contributed by atoms with Crippen molar-refractivity contribution in [1.82, 2.24) is 5.01 Å². The molecule has 1 aliphatic heterocycles. The average molecular weight is 251 g/mol. The predicted molar refractivity (Wildman–Crippen MR) is 68.7 cm³/mol. The lowest BCUT2D eigenvalue weighted by molar-refractivity contribution is -0.385. The smallest absolute Gasteiger partial charge is 0.311 e. The normalized spacial score (nSPS) is 16.3. The molecule has 1 heterocycles. The summed E-state index contributed by atoms with van der Waals surface area (Å²) < 4.78 is 5.04. The first-order valence-corrected chi connectivity index (χ1v) is 6.05. The molecular formula is C12H17N3O3. The zero-order chi connectivity index (χ0) is 13.0. The minimum atomic E-state index is -0.441. The van der Waals surface area contributed by atoms with Crippen molar-refractivity contribution < 1.29 is 9.66 Å². The number of piperidine rings is 1. The lowest BCUT2D eigenvalue weighted by Crippen LogP contribution is -2.34. The monoisotopic (exact) mass is 251 g/mol. The highest BCUT2D eigenvalue weighted by Gasteiger charge is 2.16. The molecule has 18 heavy (non-hydrogen) atoms. The number of hydrogen-bond acceptors (Lipinski definition) is 5. The Kier molecular flexibility index (Phi) is 3.99. The maximum absolute atomic E-state index is 10.8. The van der Waals surface area contributed by atoms with Crippen LogP contribution in [0.15, 0.2) is 18.2 Å². The van der Waals surface area contributed by atoms with E-state index in [4.69, 9.17) is 4.74 Å². The summed E-state index contributed by atoms with van der Waals surface area (Å²) in [7, 11) is 1.44. The molecule has 0 aromatic heterocycles. The van der Waals surface area contributed by atoms with Gasteiger partial charge in [-0.15, -0.1) is 0 Å². The molecule has 0 bridgehead atoms. The second-order valence-electron chi connectivity index (χ2n) is 4.30. The van der Waals surface area contributed by atoms with Crippen LogP contribution in [0.2, 0.25) is 0 Å². The van der Waals surface area contributed by atoms with Gasteiger partial charge in [-0.2, -0.15) is 0 Å². The third-order valence-corrected chi connectivity index (χ3v) is 3.02. The largest absolute Gasteiger partial charge is 0.490 e. The van der Waals surface area contributed by atoms with Gasteiger partial charge in [0.1, 0.15) is 0 Å². The minimum absolute atomic E-state index is 0.0123.